The van der Waals surface area contributed by atoms with Gasteiger partial charge in [0.05, 0.1) is 33.9 Å². The Labute approximate surface area is 171 Å². The molecule has 0 aliphatic carbocycles. The molecule has 0 unspecified atom stereocenters. The van der Waals surface area contributed by atoms with Crippen molar-refractivity contribution in [3.8, 4) is 6.07 Å². The van der Waals surface area contributed by atoms with Gasteiger partial charge in [-0.15, -0.1) is 0 Å². The molecule has 0 bridgehead atoms. The lowest BCUT2D eigenvalue weighted by Crippen LogP contribution is -2.12. The number of alkyl halides is 12. The molecule has 0 amide bonds. The van der Waals surface area contributed by atoms with Gasteiger partial charge in [0, 0.05) is 6.54 Å². The second kappa shape index (κ2) is 9.27. The maximum Gasteiger partial charge on any atom is 0.416 e. The van der Waals surface area contributed by atoms with Crippen LogP contribution in [0, 0.1) is 11.3 Å². The van der Waals surface area contributed by atoms with Gasteiger partial charge < -0.3 is 5.73 Å². The molecule has 2 aromatic carbocycles. The van der Waals surface area contributed by atoms with Crippen molar-refractivity contribution in [1.29, 1.82) is 5.26 Å². The Morgan fingerprint density at radius 1 is 0.562 bits per heavy atom. The van der Waals surface area contributed by atoms with E-state index in [2.05, 4.69) is 0 Å². The zero-order valence-electron chi connectivity index (χ0n) is 15.2. The minimum atomic E-state index is -4.91. The van der Waals surface area contributed by atoms with E-state index in [0.29, 0.717) is 24.3 Å². The van der Waals surface area contributed by atoms with Gasteiger partial charge in [-0.25, -0.2) is 0 Å². The zero-order valence-corrected chi connectivity index (χ0v) is 15.2. The molecule has 0 aliphatic heterocycles. The fourth-order valence-corrected chi connectivity index (χ4v) is 2.16. The third kappa shape index (κ3) is 7.63. The molecule has 0 aromatic heterocycles. The van der Waals surface area contributed by atoms with E-state index in [1.54, 1.807) is 0 Å². The van der Waals surface area contributed by atoms with Crippen molar-refractivity contribution in [3.05, 3.63) is 69.8 Å². The minimum absolute atomic E-state index is 0.0269. The molecule has 0 radical (unpaired) electrons. The van der Waals surface area contributed by atoms with Crippen LogP contribution in [0.2, 0.25) is 0 Å². The second-order valence-corrected chi connectivity index (χ2v) is 6.02. The first-order valence-corrected chi connectivity index (χ1v) is 7.97. The van der Waals surface area contributed by atoms with Crippen LogP contribution >= 0.6 is 0 Å². The molecular formula is C18H10F12N2. The fourth-order valence-electron chi connectivity index (χ4n) is 2.16. The van der Waals surface area contributed by atoms with Crippen molar-refractivity contribution in [2.24, 2.45) is 5.73 Å². The van der Waals surface area contributed by atoms with Gasteiger partial charge in [0.25, 0.3) is 0 Å². The third-order valence-corrected chi connectivity index (χ3v) is 3.60. The zero-order chi connectivity index (χ0) is 25.1. The number of nitriles is 1. The van der Waals surface area contributed by atoms with E-state index < -0.39 is 52.5 Å². The molecule has 32 heavy (non-hydrogen) atoms. The Bertz CT molecular complexity index is 911. The molecule has 0 spiro atoms. The van der Waals surface area contributed by atoms with E-state index in [1.807, 2.05) is 0 Å². The largest absolute Gasteiger partial charge is 0.416 e. The van der Waals surface area contributed by atoms with Gasteiger partial charge in [-0.1, -0.05) is 0 Å². The van der Waals surface area contributed by atoms with Crippen LogP contribution in [-0.2, 0) is 31.2 Å². The monoisotopic (exact) mass is 482 g/mol. The third-order valence-electron chi connectivity index (χ3n) is 3.60. The van der Waals surface area contributed by atoms with Crippen molar-refractivity contribution >= 4 is 0 Å². The number of benzene rings is 2. The van der Waals surface area contributed by atoms with Crippen LogP contribution in [0.3, 0.4) is 0 Å². The van der Waals surface area contributed by atoms with Gasteiger partial charge in [-0.05, 0) is 42.0 Å². The molecule has 2 rings (SSSR count). The number of hydrogen-bond donors (Lipinski definition) is 1. The molecule has 0 saturated carbocycles. The smallest absolute Gasteiger partial charge is 0.326 e. The van der Waals surface area contributed by atoms with Crippen molar-refractivity contribution in [2.45, 2.75) is 31.2 Å². The van der Waals surface area contributed by atoms with Gasteiger partial charge in [0.15, 0.2) is 0 Å². The lowest BCUT2D eigenvalue weighted by Gasteiger charge is -2.13. The number of nitrogens with two attached hydrogens (primary N) is 1. The van der Waals surface area contributed by atoms with Gasteiger partial charge in [0.2, 0.25) is 0 Å². The van der Waals surface area contributed by atoms with Crippen LogP contribution in [0.1, 0.15) is 33.4 Å². The van der Waals surface area contributed by atoms with E-state index in [-0.39, 0.29) is 24.2 Å². The van der Waals surface area contributed by atoms with Crippen LogP contribution in [0.25, 0.3) is 0 Å². The summed E-state index contributed by atoms with van der Waals surface area (Å²) in [5.74, 6) is 0. The topological polar surface area (TPSA) is 49.8 Å². The highest BCUT2D eigenvalue weighted by Gasteiger charge is 2.37. The molecule has 2 N–H and O–H groups in total. The number of halogens is 12. The summed E-state index contributed by atoms with van der Waals surface area (Å²) >= 11 is 0. The molecule has 0 fully saturated rings. The lowest BCUT2D eigenvalue weighted by atomic mass is 10.0. The maximum absolute atomic E-state index is 12.3. The molecule has 176 valence electrons. The van der Waals surface area contributed by atoms with E-state index >= 15 is 0 Å². The number of nitrogens with zero attached hydrogens (tertiary/aromatic N) is 1. The van der Waals surface area contributed by atoms with Gasteiger partial charge in [-0.2, -0.15) is 57.9 Å². The van der Waals surface area contributed by atoms with Gasteiger partial charge >= 0.3 is 24.7 Å². The van der Waals surface area contributed by atoms with Crippen molar-refractivity contribution in [2.75, 3.05) is 0 Å². The summed E-state index contributed by atoms with van der Waals surface area (Å²) in [4.78, 5) is 0. The SMILES string of the molecule is N#Cc1cc(C(F)(F)F)cc(C(F)(F)F)c1.NCc1cc(C(F)(F)F)cc(C(F)(F)F)c1. The molecule has 2 nitrogen and oxygen atoms in total. The summed E-state index contributed by atoms with van der Waals surface area (Å²) in [6.07, 6.45) is -19.4. The molecule has 14 heteroatoms. The molecule has 0 heterocycles. The van der Waals surface area contributed by atoms with Crippen LogP contribution in [0.4, 0.5) is 52.7 Å². The summed E-state index contributed by atoms with van der Waals surface area (Å²) in [5, 5.41) is 8.33. The Balaban J connectivity index is 0.000000320. The highest BCUT2D eigenvalue weighted by Crippen LogP contribution is 2.37. The van der Waals surface area contributed by atoms with E-state index in [1.165, 1.54) is 6.07 Å². The molecule has 0 aliphatic rings. The van der Waals surface area contributed by atoms with E-state index in [4.69, 9.17) is 11.0 Å². The van der Waals surface area contributed by atoms with Crippen molar-refractivity contribution in [3.63, 3.8) is 0 Å². The van der Waals surface area contributed by atoms with Gasteiger partial charge in [-0.3, -0.25) is 0 Å². The van der Waals surface area contributed by atoms with Gasteiger partial charge in [0.1, 0.15) is 0 Å². The molecular weight excluding hydrogens is 472 g/mol. The summed E-state index contributed by atoms with van der Waals surface area (Å²) in [6.45, 7) is -0.382. The van der Waals surface area contributed by atoms with Crippen LogP contribution in [0.15, 0.2) is 36.4 Å². The van der Waals surface area contributed by atoms with Crippen molar-refractivity contribution in [1.82, 2.24) is 0 Å². The first kappa shape index (κ1) is 27.1. The lowest BCUT2D eigenvalue weighted by molar-refractivity contribution is -0.144. The number of hydrogen-bond acceptors (Lipinski definition) is 2. The van der Waals surface area contributed by atoms with E-state index in [9.17, 15) is 52.7 Å². The summed E-state index contributed by atoms with van der Waals surface area (Å²) in [6, 6.07) is 3.25. The molecule has 0 saturated heterocycles. The Kier molecular flexibility index (Phi) is 7.85. The number of rotatable bonds is 1. The standard InChI is InChI=1S/C9H7F6N.C9H3F6N/c2*10-8(11,12)6-1-5(4-16)2-7(3-6)9(13,14)15/h1-3H,4,16H2;1-3H. The first-order chi connectivity index (χ1) is 14.3. The summed E-state index contributed by atoms with van der Waals surface area (Å²) < 4.78 is 147. The normalized spacial score (nSPS) is 12.6. The average molecular weight is 482 g/mol. The maximum atomic E-state index is 12.3. The van der Waals surface area contributed by atoms with Crippen LogP contribution < -0.4 is 5.73 Å². The minimum Gasteiger partial charge on any atom is -0.326 e. The quantitative estimate of drug-likeness (QED) is 0.456. The predicted molar refractivity (Wildman–Crippen MR) is 85.5 cm³/mol. The van der Waals surface area contributed by atoms with Crippen LogP contribution in [0.5, 0.6) is 0 Å². The highest BCUT2D eigenvalue weighted by atomic mass is 19.4. The Morgan fingerprint density at radius 2 is 0.844 bits per heavy atom. The predicted octanol–water partition coefficient (Wildman–Crippen LogP) is 6.78. The summed E-state index contributed by atoms with van der Waals surface area (Å²) in [7, 11) is 0. The molecule has 0 atom stereocenters. The second-order valence-electron chi connectivity index (χ2n) is 6.02. The molecule has 2 aromatic rings. The first-order valence-electron chi connectivity index (χ1n) is 7.97. The van der Waals surface area contributed by atoms with E-state index in [0.717, 1.165) is 0 Å². The highest BCUT2D eigenvalue weighted by molar-refractivity contribution is 5.39. The Hall–Kier alpha value is -2.95. The average Bonchev–Trinajstić information content (AvgIpc) is 2.65. The van der Waals surface area contributed by atoms with Crippen LogP contribution in [-0.4, -0.2) is 0 Å². The fraction of sp³-hybridized carbons (Fsp3) is 0.278. The van der Waals surface area contributed by atoms with Crippen molar-refractivity contribution < 1.29 is 52.7 Å². The Morgan fingerprint density at radius 3 is 1.06 bits per heavy atom. The summed E-state index contributed by atoms with van der Waals surface area (Å²) in [5.41, 5.74) is -1.51.